The molecular weight excluding hydrogens is 359 g/mol. The van der Waals surface area contributed by atoms with Gasteiger partial charge < -0.3 is 15.3 Å². The normalized spacial score (nSPS) is 28.4. The van der Waals surface area contributed by atoms with Gasteiger partial charge in [-0.25, -0.2) is 4.39 Å². The third-order valence-electron chi connectivity index (χ3n) is 6.30. The second-order valence-electron chi connectivity index (χ2n) is 8.58. The maximum atomic E-state index is 13.3. The molecule has 0 amide bonds. The van der Waals surface area contributed by atoms with Crippen molar-refractivity contribution in [2.45, 2.75) is 37.9 Å². The molecule has 2 heterocycles. The summed E-state index contributed by atoms with van der Waals surface area (Å²) in [5, 5.41) is 30.9. The van der Waals surface area contributed by atoms with Crippen LogP contribution < -0.4 is 0 Å². The number of hydrogen-bond acceptors (Lipinski definition) is 5. The fourth-order valence-corrected chi connectivity index (χ4v) is 5.00. The Hall–Kier alpha value is -2.02. The number of benzene rings is 1. The zero-order valence-corrected chi connectivity index (χ0v) is 16.1. The lowest BCUT2D eigenvalue weighted by molar-refractivity contribution is 0.0325. The molecule has 2 aliphatic rings. The van der Waals surface area contributed by atoms with Crippen LogP contribution in [0.25, 0.3) is 0 Å². The molecule has 1 unspecified atom stereocenters. The summed E-state index contributed by atoms with van der Waals surface area (Å²) in [5.74, 6) is 0.660. The number of fused-ring (bicyclic) bond motifs is 1. The Balaban J connectivity index is 1.34. The minimum Gasteiger partial charge on any atom is -0.506 e. The number of pyridine rings is 1. The van der Waals surface area contributed by atoms with Crippen LogP contribution in [0.1, 0.15) is 35.8 Å². The molecule has 0 spiro atoms. The van der Waals surface area contributed by atoms with E-state index < -0.39 is 11.7 Å². The highest BCUT2D eigenvalue weighted by molar-refractivity contribution is 5.28. The first-order valence-corrected chi connectivity index (χ1v) is 9.84. The number of aliphatic hydroxyl groups is 2. The molecule has 5 nitrogen and oxygen atoms in total. The van der Waals surface area contributed by atoms with E-state index in [-0.39, 0.29) is 11.6 Å². The SMILES string of the molecule is Cc1cc(F)ccc1C[C@@]1(O)C[C@H]2CN(CC(O)c3ccc(O)cn3)C[C@H]2C1. The van der Waals surface area contributed by atoms with Crippen molar-refractivity contribution in [3.63, 3.8) is 0 Å². The molecule has 1 aromatic carbocycles. The van der Waals surface area contributed by atoms with E-state index in [9.17, 15) is 19.7 Å². The van der Waals surface area contributed by atoms with Crippen molar-refractivity contribution in [3.05, 3.63) is 59.2 Å². The summed E-state index contributed by atoms with van der Waals surface area (Å²) in [6.45, 7) is 4.09. The molecule has 1 aromatic heterocycles. The minimum atomic E-state index is -0.735. The van der Waals surface area contributed by atoms with Gasteiger partial charge in [0.15, 0.2) is 0 Å². The van der Waals surface area contributed by atoms with Crippen LogP contribution in [0.4, 0.5) is 4.39 Å². The van der Waals surface area contributed by atoms with Crippen molar-refractivity contribution < 1.29 is 19.7 Å². The van der Waals surface area contributed by atoms with Gasteiger partial charge in [0, 0.05) is 26.1 Å². The lowest BCUT2D eigenvalue weighted by Crippen LogP contribution is -2.33. The molecule has 2 fully saturated rings. The van der Waals surface area contributed by atoms with Crippen LogP contribution in [-0.2, 0) is 6.42 Å². The first-order chi connectivity index (χ1) is 13.3. The van der Waals surface area contributed by atoms with E-state index in [1.165, 1.54) is 24.4 Å². The first-order valence-electron chi connectivity index (χ1n) is 9.84. The summed E-state index contributed by atoms with van der Waals surface area (Å²) >= 11 is 0. The molecule has 0 bridgehead atoms. The zero-order valence-electron chi connectivity index (χ0n) is 16.1. The Bertz CT molecular complexity index is 828. The second-order valence-corrected chi connectivity index (χ2v) is 8.58. The number of aromatic nitrogens is 1. The van der Waals surface area contributed by atoms with E-state index in [1.54, 1.807) is 12.1 Å². The van der Waals surface area contributed by atoms with Crippen molar-refractivity contribution in [2.75, 3.05) is 19.6 Å². The summed E-state index contributed by atoms with van der Waals surface area (Å²) in [4.78, 5) is 6.32. The molecule has 6 heteroatoms. The lowest BCUT2D eigenvalue weighted by Gasteiger charge is -2.27. The highest BCUT2D eigenvalue weighted by Gasteiger charge is 2.48. The van der Waals surface area contributed by atoms with Gasteiger partial charge in [-0.3, -0.25) is 9.88 Å². The minimum absolute atomic E-state index is 0.0855. The number of aromatic hydroxyl groups is 1. The van der Waals surface area contributed by atoms with Crippen molar-refractivity contribution in [1.29, 1.82) is 0 Å². The van der Waals surface area contributed by atoms with Gasteiger partial charge in [-0.05, 0) is 67.0 Å². The highest BCUT2D eigenvalue weighted by atomic mass is 19.1. The Kier molecular flexibility index (Phi) is 5.12. The molecule has 3 N–H and O–H groups in total. The fourth-order valence-electron chi connectivity index (χ4n) is 5.00. The first kappa shape index (κ1) is 19.3. The fraction of sp³-hybridized carbons (Fsp3) is 0.500. The van der Waals surface area contributed by atoms with Crippen LogP contribution in [0.2, 0.25) is 0 Å². The van der Waals surface area contributed by atoms with Gasteiger partial charge in [0.25, 0.3) is 0 Å². The second kappa shape index (κ2) is 7.43. The van der Waals surface area contributed by atoms with Crippen molar-refractivity contribution >= 4 is 0 Å². The number of likely N-dealkylation sites (tertiary alicyclic amines) is 1. The molecule has 150 valence electrons. The van der Waals surface area contributed by atoms with Crippen LogP contribution in [0.15, 0.2) is 36.5 Å². The molecule has 0 radical (unpaired) electrons. The molecule has 4 atom stereocenters. The summed E-state index contributed by atoms with van der Waals surface area (Å²) in [5.41, 5.74) is 1.71. The Morgan fingerprint density at radius 1 is 1.21 bits per heavy atom. The molecule has 1 aliphatic carbocycles. The number of halogens is 1. The largest absolute Gasteiger partial charge is 0.506 e. The Morgan fingerprint density at radius 3 is 2.54 bits per heavy atom. The van der Waals surface area contributed by atoms with Gasteiger partial charge in [0.2, 0.25) is 0 Å². The Morgan fingerprint density at radius 2 is 1.93 bits per heavy atom. The third-order valence-corrected chi connectivity index (χ3v) is 6.30. The Labute approximate surface area is 164 Å². The van der Waals surface area contributed by atoms with E-state index in [1.807, 2.05) is 6.92 Å². The van der Waals surface area contributed by atoms with Gasteiger partial charge in [-0.1, -0.05) is 6.07 Å². The van der Waals surface area contributed by atoms with Crippen LogP contribution in [0, 0.1) is 24.6 Å². The summed E-state index contributed by atoms with van der Waals surface area (Å²) in [6, 6.07) is 7.93. The van der Waals surface area contributed by atoms with Crippen LogP contribution in [-0.4, -0.2) is 50.4 Å². The van der Waals surface area contributed by atoms with E-state index in [0.29, 0.717) is 30.5 Å². The van der Waals surface area contributed by atoms with E-state index >= 15 is 0 Å². The van der Waals surface area contributed by atoms with Gasteiger partial charge in [-0.2, -0.15) is 0 Å². The predicted octanol–water partition coefficient (Wildman–Crippen LogP) is 2.58. The molecule has 2 aromatic rings. The molecule has 28 heavy (non-hydrogen) atoms. The average Bonchev–Trinajstić information content (AvgIpc) is 3.12. The van der Waals surface area contributed by atoms with Crippen molar-refractivity contribution in [3.8, 4) is 5.75 Å². The van der Waals surface area contributed by atoms with Gasteiger partial charge >= 0.3 is 0 Å². The number of β-amino-alcohol motifs (C(OH)–C–C–N with tert-alkyl or cyclic N) is 1. The number of rotatable bonds is 5. The van der Waals surface area contributed by atoms with Gasteiger partial charge in [-0.15, -0.1) is 0 Å². The average molecular weight is 386 g/mol. The third kappa shape index (κ3) is 4.04. The number of nitrogens with zero attached hydrogens (tertiary/aromatic N) is 2. The smallest absolute Gasteiger partial charge is 0.133 e. The van der Waals surface area contributed by atoms with Crippen molar-refractivity contribution in [2.24, 2.45) is 11.8 Å². The van der Waals surface area contributed by atoms with E-state index in [0.717, 1.165) is 37.1 Å². The molecule has 1 saturated heterocycles. The monoisotopic (exact) mass is 386 g/mol. The predicted molar refractivity (Wildman–Crippen MR) is 103 cm³/mol. The summed E-state index contributed by atoms with van der Waals surface area (Å²) in [7, 11) is 0. The van der Waals surface area contributed by atoms with E-state index in [4.69, 9.17) is 0 Å². The molecule has 1 aliphatic heterocycles. The quantitative estimate of drug-likeness (QED) is 0.736. The number of aliphatic hydroxyl groups excluding tert-OH is 1. The lowest BCUT2D eigenvalue weighted by atomic mass is 9.89. The maximum Gasteiger partial charge on any atom is 0.133 e. The highest BCUT2D eigenvalue weighted by Crippen LogP contribution is 2.45. The number of aryl methyl sites for hydroxylation is 1. The van der Waals surface area contributed by atoms with Gasteiger partial charge in [0.05, 0.1) is 17.5 Å². The number of hydrogen-bond donors (Lipinski definition) is 3. The van der Waals surface area contributed by atoms with Crippen LogP contribution in [0.3, 0.4) is 0 Å². The van der Waals surface area contributed by atoms with Gasteiger partial charge in [0.1, 0.15) is 17.7 Å². The van der Waals surface area contributed by atoms with E-state index in [2.05, 4.69) is 9.88 Å². The molecular formula is C22H27FN2O3. The van der Waals surface area contributed by atoms with Crippen molar-refractivity contribution in [1.82, 2.24) is 9.88 Å². The molecule has 1 saturated carbocycles. The molecule has 4 rings (SSSR count). The van der Waals surface area contributed by atoms with Crippen LogP contribution in [0.5, 0.6) is 5.75 Å². The zero-order chi connectivity index (χ0) is 19.9. The topological polar surface area (TPSA) is 76.8 Å². The summed E-state index contributed by atoms with van der Waals surface area (Å²) < 4.78 is 13.3. The standard InChI is InChI=1S/C22H27FN2O3/c1-14-6-18(23)3-2-15(14)7-22(28)8-16-11-25(12-17(16)9-22)13-21(27)20-5-4-19(26)10-24-20/h2-6,10,16-17,21,26-28H,7-9,11-13H2,1H3/t16-,17+,21?,22+. The van der Waals surface area contributed by atoms with Crippen LogP contribution >= 0.6 is 0 Å². The maximum absolute atomic E-state index is 13.3. The summed E-state index contributed by atoms with van der Waals surface area (Å²) in [6.07, 6.45) is 2.68.